The largest absolute Gasteiger partial charge is 0.329 e. The maximum Gasteiger partial charge on any atom is 0.137 e. The van der Waals surface area contributed by atoms with Crippen molar-refractivity contribution in [2.75, 3.05) is 11.9 Å². The van der Waals surface area contributed by atoms with Gasteiger partial charge >= 0.3 is 0 Å². The molecule has 0 saturated heterocycles. The molecule has 2 aromatic carbocycles. The molecule has 100 valence electrons. The molecule has 0 atom stereocenters. The Kier molecular flexibility index (Phi) is 3.33. The van der Waals surface area contributed by atoms with Crippen LogP contribution in [0.3, 0.4) is 0 Å². The van der Waals surface area contributed by atoms with Gasteiger partial charge in [-0.3, -0.25) is 0 Å². The van der Waals surface area contributed by atoms with E-state index in [1.807, 2.05) is 56.4 Å². The van der Waals surface area contributed by atoms with Gasteiger partial charge in [0.1, 0.15) is 5.82 Å². The summed E-state index contributed by atoms with van der Waals surface area (Å²) in [6.45, 7) is 2.01. The average molecular weight is 283 g/mol. The van der Waals surface area contributed by atoms with Gasteiger partial charge in [-0.15, -0.1) is 0 Å². The molecule has 0 spiro atoms. The number of aromatic nitrogens is 1. The van der Waals surface area contributed by atoms with Crippen molar-refractivity contribution in [2.45, 2.75) is 6.92 Å². The number of halogens is 1. The molecule has 0 amide bonds. The molecular formula is C17H15ClN2. The van der Waals surface area contributed by atoms with Crippen LogP contribution in [0, 0.1) is 6.92 Å². The number of hydrogen-bond acceptors (Lipinski definition) is 2. The molecule has 3 aromatic rings. The molecule has 3 rings (SSSR count). The van der Waals surface area contributed by atoms with Crippen LogP contribution in [0.5, 0.6) is 0 Å². The highest BCUT2D eigenvalue weighted by Gasteiger charge is 2.14. The first-order chi connectivity index (χ1) is 9.68. The van der Waals surface area contributed by atoms with Gasteiger partial charge in [-0.2, -0.15) is 0 Å². The van der Waals surface area contributed by atoms with E-state index < -0.39 is 0 Å². The number of rotatable bonds is 2. The van der Waals surface area contributed by atoms with Crippen LogP contribution < -0.4 is 4.90 Å². The number of benzene rings is 2. The normalized spacial score (nSPS) is 10.8. The Morgan fingerprint density at radius 1 is 0.950 bits per heavy atom. The monoisotopic (exact) mass is 282 g/mol. The molecule has 0 aliphatic carbocycles. The van der Waals surface area contributed by atoms with E-state index >= 15 is 0 Å². The predicted octanol–water partition coefficient (Wildman–Crippen LogP) is 4.96. The number of fused-ring (bicyclic) bond motifs is 1. The third-order valence-corrected chi connectivity index (χ3v) is 3.98. The number of nitrogens with zero attached hydrogens (tertiary/aromatic N) is 2. The minimum Gasteiger partial charge on any atom is -0.329 e. The van der Waals surface area contributed by atoms with Crippen LogP contribution in [0.15, 0.2) is 54.6 Å². The Morgan fingerprint density at radius 3 is 2.35 bits per heavy atom. The minimum atomic E-state index is 0.772. The second-order valence-electron chi connectivity index (χ2n) is 4.79. The summed E-state index contributed by atoms with van der Waals surface area (Å²) in [4.78, 5) is 6.82. The highest BCUT2D eigenvalue weighted by atomic mass is 35.5. The summed E-state index contributed by atoms with van der Waals surface area (Å²) in [5, 5.41) is 1.77. The van der Waals surface area contributed by atoms with E-state index in [1.165, 1.54) is 0 Å². The first-order valence-electron chi connectivity index (χ1n) is 6.52. The standard InChI is InChI=1S/C17H15ClN2/c1-12-16(18)14-10-6-7-11-15(14)19-17(12)20(2)13-8-4-3-5-9-13/h3-11H,1-2H3. The molecule has 0 radical (unpaired) electrons. The smallest absolute Gasteiger partial charge is 0.137 e. The van der Waals surface area contributed by atoms with Crippen molar-refractivity contribution in [1.82, 2.24) is 4.98 Å². The predicted molar refractivity (Wildman–Crippen MR) is 86.0 cm³/mol. The lowest BCUT2D eigenvalue weighted by molar-refractivity contribution is 1.12. The van der Waals surface area contributed by atoms with E-state index in [1.54, 1.807) is 0 Å². The molecule has 3 heteroatoms. The van der Waals surface area contributed by atoms with E-state index in [4.69, 9.17) is 16.6 Å². The van der Waals surface area contributed by atoms with Crippen molar-refractivity contribution >= 4 is 34.0 Å². The Morgan fingerprint density at radius 2 is 1.60 bits per heavy atom. The molecule has 2 nitrogen and oxygen atoms in total. The SMILES string of the molecule is Cc1c(N(C)c2ccccc2)nc2ccccc2c1Cl. The highest BCUT2D eigenvalue weighted by Crippen LogP contribution is 2.34. The lowest BCUT2D eigenvalue weighted by atomic mass is 10.1. The van der Waals surface area contributed by atoms with Crippen LogP contribution in [0.2, 0.25) is 5.02 Å². The van der Waals surface area contributed by atoms with Crippen LogP contribution in [-0.2, 0) is 0 Å². The summed E-state index contributed by atoms with van der Waals surface area (Å²) < 4.78 is 0. The molecule has 1 heterocycles. The van der Waals surface area contributed by atoms with Gasteiger partial charge in [-0.05, 0) is 25.1 Å². The number of pyridine rings is 1. The fourth-order valence-corrected chi connectivity index (χ4v) is 2.60. The molecule has 0 aliphatic rings. The molecular weight excluding hydrogens is 268 g/mol. The summed E-state index contributed by atoms with van der Waals surface area (Å²) >= 11 is 6.50. The van der Waals surface area contributed by atoms with Crippen molar-refractivity contribution in [3.05, 3.63) is 65.2 Å². The van der Waals surface area contributed by atoms with Gasteiger partial charge < -0.3 is 4.90 Å². The Balaban J connectivity index is 2.19. The Bertz CT molecular complexity index is 754. The second-order valence-corrected chi connectivity index (χ2v) is 5.16. The second kappa shape index (κ2) is 5.14. The fraction of sp³-hybridized carbons (Fsp3) is 0.118. The number of para-hydroxylation sites is 2. The van der Waals surface area contributed by atoms with Crippen molar-refractivity contribution in [3.8, 4) is 0 Å². The highest BCUT2D eigenvalue weighted by molar-refractivity contribution is 6.36. The molecule has 0 saturated carbocycles. The van der Waals surface area contributed by atoms with Gasteiger partial charge in [0.15, 0.2) is 0 Å². The summed E-state index contributed by atoms with van der Waals surface area (Å²) in [5.41, 5.74) is 3.01. The van der Waals surface area contributed by atoms with Crippen LogP contribution in [0.4, 0.5) is 11.5 Å². The van der Waals surface area contributed by atoms with Crippen LogP contribution in [0.25, 0.3) is 10.9 Å². The zero-order chi connectivity index (χ0) is 14.1. The number of anilines is 2. The van der Waals surface area contributed by atoms with Gasteiger partial charge in [0.25, 0.3) is 0 Å². The van der Waals surface area contributed by atoms with Gasteiger partial charge in [0, 0.05) is 23.7 Å². The lowest BCUT2D eigenvalue weighted by Gasteiger charge is -2.21. The third-order valence-electron chi connectivity index (χ3n) is 3.49. The average Bonchev–Trinajstić information content (AvgIpc) is 2.51. The first kappa shape index (κ1) is 12.9. The number of hydrogen-bond donors (Lipinski definition) is 0. The van der Waals surface area contributed by atoms with Crippen molar-refractivity contribution < 1.29 is 0 Å². The summed E-state index contributed by atoms with van der Waals surface area (Å²) in [6.07, 6.45) is 0. The van der Waals surface area contributed by atoms with Crippen molar-refractivity contribution in [2.24, 2.45) is 0 Å². The Labute approximate surface area is 123 Å². The van der Waals surface area contributed by atoms with Gasteiger partial charge in [-0.1, -0.05) is 48.0 Å². The maximum absolute atomic E-state index is 6.50. The van der Waals surface area contributed by atoms with E-state index in [2.05, 4.69) is 17.0 Å². The summed E-state index contributed by atoms with van der Waals surface area (Å²) in [5.74, 6) is 0.889. The lowest BCUT2D eigenvalue weighted by Crippen LogP contribution is -2.13. The summed E-state index contributed by atoms with van der Waals surface area (Å²) in [6, 6.07) is 18.1. The van der Waals surface area contributed by atoms with E-state index in [-0.39, 0.29) is 0 Å². The molecule has 20 heavy (non-hydrogen) atoms. The van der Waals surface area contributed by atoms with Crippen molar-refractivity contribution in [1.29, 1.82) is 0 Å². The molecule has 0 N–H and O–H groups in total. The fourth-order valence-electron chi connectivity index (χ4n) is 2.36. The summed E-state index contributed by atoms with van der Waals surface area (Å²) in [7, 11) is 2.01. The van der Waals surface area contributed by atoms with Crippen LogP contribution in [0.1, 0.15) is 5.56 Å². The van der Waals surface area contributed by atoms with Crippen LogP contribution >= 0.6 is 11.6 Å². The molecule has 0 fully saturated rings. The topological polar surface area (TPSA) is 16.1 Å². The van der Waals surface area contributed by atoms with Gasteiger partial charge in [0.05, 0.1) is 10.5 Å². The molecule has 0 unspecified atom stereocenters. The quantitative estimate of drug-likeness (QED) is 0.660. The van der Waals surface area contributed by atoms with Gasteiger partial charge in [0.2, 0.25) is 0 Å². The molecule has 0 aliphatic heterocycles. The van der Waals surface area contributed by atoms with Crippen LogP contribution in [-0.4, -0.2) is 12.0 Å². The zero-order valence-corrected chi connectivity index (χ0v) is 12.2. The minimum absolute atomic E-state index is 0.772. The van der Waals surface area contributed by atoms with E-state index in [0.29, 0.717) is 0 Å². The molecule has 1 aromatic heterocycles. The van der Waals surface area contributed by atoms with E-state index in [0.717, 1.165) is 33.0 Å². The Hall–Kier alpha value is -2.06. The third kappa shape index (κ3) is 2.12. The van der Waals surface area contributed by atoms with Crippen molar-refractivity contribution in [3.63, 3.8) is 0 Å². The first-order valence-corrected chi connectivity index (χ1v) is 6.90. The van der Waals surface area contributed by atoms with Gasteiger partial charge in [-0.25, -0.2) is 4.98 Å². The zero-order valence-electron chi connectivity index (χ0n) is 11.5. The van der Waals surface area contributed by atoms with E-state index in [9.17, 15) is 0 Å². The molecule has 0 bridgehead atoms. The maximum atomic E-state index is 6.50.